The summed E-state index contributed by atoms with van der Waals surface area (Å²) >= 11 is 0. The van der Waals surface area contributed by atoms with Gasteiger partial charge < -0.3 is 15.5 Å². The Labute approximate surface area is 115 Å². The fraction of sp³-hybridized carbons (Fsp3) is 0.857. The molecule has 108 valence electrons. The van der Waals surface area contributed by atoms with Gasteiger partial charge in [0.25, 0.3) is 0 Å². The summed E-state index contributed by atoms with van der Waals surface area (Å²) < 4.78 is 0. The normalized spacial score (nSPS) is 25.1. The number of hydrogen-bond acceptors (Lipinski definition) is 3. The quantitative estimate of drug-likeness (QED) is 0.783. The van der Waals surface area contributed by atoms with E-state index in [-0.39, 0.29) is 17.9 Å². The average molecular weight is 267 g/mol. The predicted molar refractivity (Wildman–Crippen MR) is 73.6 cm³/mol. The van der Waals surface area contributed by atoms with Gasteiger partial charge in [-0.2, -0.15) is 0 Å². The van der Waals surface area contributed by atoms with Gasteiger partial charge >= 0.3 is 0 Å². The number of nitrogens with one attached hydrogen (secondary N) is 2. The molecule has 0 radical (unpaired) electrons. The minimum Gasteiger partial charge on any atom is -0.356 e. The van der Waals surface area contributed by atoms with Crippen molar-refractivity contribution in [2.45, 2.75) is 45.1 Å². The maximum atomic E-state index is 12.3. The molecule has 0 spiro atoms. The van der Waals surface area contributed by atoms with Crippen molar-refractivity contribution in [2.75, 3.05) is 26.2 Å². The van der Waals surface area contributed by atoms with E-state index in [1.807, 2.05) is 4.90 Å². The Morgan fingerprint density at radius 2 is 1.95 bits per heavy atom. The van der Waals surface area contributed by atoms with Crippen LogP contribution in [0.5, 0.6) is 0 Å². The zero-order valence-electron chi connectivity index (χ0n) is 11.8. The van der Waals surface area contributed by atoms with E-state index in [4.69, 9.17) is 0 Å². The van der Waals surface area contributed by atoms with Crippen LogP contribution >= 0.6 is 0 Å². The van der Waals surface area contributed by atoms with Crippen LogP contribution < -0.4 is 10.6 Å². The molecule has 2 amide bonds. The number of likely N-dealkylation sites (tertiary alicyclic amines) is 1. The molecule has 2 fully saturated rings. The van der Waals surface area contributed by atoms with Crippen molar-refractivity contribution in [2.24, 2.45) is 5.92 Å². The molecular formula is C14H25N3O2. The molecule has 2 aliphatic heterocycles. The molecule has 2 saturated heterocycles. The Balaban J connectivity index is 1.72. The number of amides is 2. The van der Waals surface area contributed by atoms with Gasteiger partial charge in [0.15, 0.2) is 0 Å². The first kappa shape index (κ1) is 14.3. The average Bonchev–Trinajstić information content (AvgIpc) is 2.46. The van der Waals surface area contributed by atoms with E-state index in [0.29, 0.717) is 5.92 Å². The second-order valence-electron chi connectivity index (χ2n) is 5.71. The van der Waals surface area contributed by atoms with E-state index in [0.717, 1.165) is 51.9 Å². The molecule has 0 aromatic rings. The lowest BCUT2D eigenvalue weighted by molar-refractivity contribution is -0.135. The Morgan fingerprint density at radius 1 is 1.21 bits per heavy atom. The van der Waals surface area contributed by atoms with E-state index in [2.05, 4.69) is 10.6 Å². The van der Waals surface area contributed by atoms with Crippen molar-refractivity contribution in [3.8, 4) is 0 Å². The summed E-state index contributed by atoms with van der Waals surface area (Å²) in [5.74, 6) is 0.829. The summed E-state index contributed by atoms with van der Waals surface area (Å²) in [5.41, 5.74) is 0. The topological polar surface area (TPSA) is 61.4 Å². The first-order valence-corrected chi connectivity index (χ1v) is 7.43. The summed E-state index contributed by atoms with van der Waals surface area (Å²) in [4.78, 5) is 25.2. The highest BCUT2D eigenvalue weighted by Gasteiger charge is 2.28. The van der Waals surface area contributed by atoms with Crippen molar-refractivity contribution >= 4 is 11.8 Å². The molecule has 0 saturated carbocycles. The zero-order valence-corrected chi connectivity index (χ0v) is 11.8. The highest BCUT2D eigenvalue weighted by Crippen LogP contribution is 2.19. The molecule has 0 aromatic heterocycles. The summed E-state index contributed by atoms with van der Waals surface area (Å²) in [6, 6.07) is 0.0423. The smallest absolute Gasteiger partial charge is 0.239 e. The maximum Gasteiger partial charge on any atom is 0.239 e. The maximum absolute atomic E-state index is 12.3. The molecular weight excluding hydrogens is 242 g/mol. The van der Waals surface area contributed by atoms with Gasteiger partial charge in [-0.15, -0.1) is 0 Å². The summed E-state index contributed by atoms with van der Waals surface area (Å²) in [6.45, 7) is 4.93. The van der Waals surface area contributed by atoms with Crippen molar-refractivity contribution < 1.29 is 9.59 Å². The third-order valence-corrected chi connectivity index (χ3v) is 4.17. The lowest BCUT2D eigenvalue weighted by atomic mass is 9.95. The highest BCUT2D eigenvalue weighted by molar-refractivity contribution is 5.82. The Morgan fingerprint density at radius 3 is 2.53 bits per heavy atom. The molecule has 2 heterocycles. The van der Waals surface area contributed by atoms with Gasteiger partial charge in [0.05, 0.1) is 6.04 Å². The minimum atomic E-state index is 0.0323. The van der Waals surface area contributed by atoms with E-state index >= 15 is 0 Å². The summed E-state index contributed by atoms with van der Waals surface area (Å²) in [6.07, 6.45) is 5.31. The Hall–Kier alpha value is -1.10. The first-order chi connectivity index (χ1) is 9.16. The number of rotatable bonds is 3. The molecule has 2 rings (SSSR count). The number of piperidine rings is 2. The van der Waals surface area contributed by atoms with Crippen LogP contribution in [0.1, 0.15) is 39.0 Å². The Kier molecular flexibility index (Phi) is 5.19. The van der Waals surface area contributed by atoms with Crippen LogP contribution in [0.3, 0.4) is 0 Å². The van der Waals surface area contributed by atoms with E-state index in [1.165, 1.54) is 6.42 Å². The minimum absolute atomic E-state index is 0.0323. The van der Waals surface area contributed by atoms with Crippen molar-refractivity contribution in [1.82, 2.24) is 15.5 Å². The van der Waals surface area contributed by atoms with Gasteiger partial charge in [-0.05, 0) is 38.1 Å². The molecule has 19 heavy (non-hydrogen) atoms. The van der Waals surface area contributed by atoms with Crippen LogP contribution in [-0.4, -0.2) is 48.9 Å². The van der Waals surface area contributed by atoms with Gasteiger partial charge in [-0.25, -0.2) is 0 Å². The van der Waals surface area contributed by atoms with Gasteiger partial charge in [0, 0.05) is 26.6 Å². The molecule has 5 heteroatoms. The van der Waals surface area contributed by atoms with Crippen molar-refractivity contribution in [3.63, 3.8) is 0 Å². The van der Waals surface area contributed by atoms with Crippen LogP contribution in [0.4, 0.5) is 0 Å². The SMILES string of the molecule is CC(=O)NCC1CCN(C(=O)C2CCCCN2)CC1. The van der Waals surface area contributed by atoms with Crippen LogP contribution in [-0.2, 0) is 9.59 Å². The number of carbonyl (C=O) groups excluding carboxylic acids is 2. The van der Waals surface area contributed by atoms with Crippen LogP contribution in [0.2, 0.25) is 0 Å². The van der Waals surface area contributed by atoms with Gasteiger partial charge in [0.1, 0.15) is 0 Å². The number of hydrogen-bond donors (Lipinski definition) is 2. The molecule has 1 unspecified atom stereocenters. The third kappa shape index (κ3) is 4.20. The number of carbonyl (C=O) groups is 2. The van der Waals surface area contributed by atoms with Crippen LogP contribution in [0.15, 0.2) is 0 Å². The molecule has 5 nitrogen and oxygen atoms in total. The largest absolute Gasteiger partial charge is 0.356 e. The molecule has 0 aromatic carbocycles. The van der Waals surface area contributed by atoms with E-state index < -0.39 is 0 Å². The van der Waals surface area contributed by atoms with E-state index in [9.17, 15) is 9.59 Å². The fourth-order valence-corrected chi connectivity index (χ4v) is 2.93. The monoisotopic (exact) mass is 267 g/mol. The zero-order chi connectivity index (χ0) is 13.7. The first-order valence-electron chi connectivity index (χ1n) is 7.43. The molecule has 0 bridgehead atoms. The number of nitrogens with zero attached hydrogens (tertiary/aromatic N) is 1. The molecule has 0 aliphatic carbocycles. The van der Waals surface area contributed by atoms with Crippen LogP contribution in [0, 0.1) is 5.92 Å². The third-order valence-electron chi connectivity index (χ3n) is 4.17. The second-order valence-corrected chi connectivity index (χ2v) is 5.71. The van der Waals surface area contributed by atoms with Crippen molar-refractivity contribution in [3.05, 3.63) is 0 Å². The lowest BCUT2D eigenvalue weighted by Gasteiger charge is -2.35. The predicted octanol–water partition coefficient (Wildman–Crippen LogP) is 0.503. The molecule has 1 atom stereocenters. The second kappa shape index (κ2) is 6.89. The molecule has 2 aliphatic rings. The van der Waals surface area contributed by atoms with Gasteiger partial charge in [-0.1, -0.05) is 6.42 Å². The van der Waals surface area contributed by atoms with E-state index in [1.54, 1.807) is 6.92 Å². The summed E-state index contributed by atoms with van der Waals surface area (Å²) in [5, 5.41) is 6.19. The van der Waals surface area contributed by atoms with Crippen LogP contribution in [0.25, 0.3) is 0 Å². The highest BCUT2D eigenvalue weighted by atomic mass is 16.2. The summed E-state index contributed by atoms with van der Waals surface area (Å²) in [7, 11) is 0. The molecule has 2 N–H and O–H groups in total. The van der Waals surface area contributed by atoms with Crippen molar-refractivity contribution in [1.29, 1.82) is 0 Å². The van der Waals surface area contributed by atoms with Gasteiger partial charge in [-0.3, -0.25) is 9.59 Å². The van der Waals surface area contributed by atoms with Gasteiger partial charge in [0.2, 0.25) is 11.8 Å². The Bertz CT molecular complexity index is 319. The standard InChI is InChI=1S/C14H25N3O2/c1-11(18)16-10-12-5-8-17(9-6-12)14(19)13-4-2-3-7-15-13/h12-13,15H,2-10H2,1H3,(H,16,18). The fourth-order valence-electron chi connectivity index (χ4n) is 2.93. The lowest BCUT2D eigenvalue weighted by Crippen LogP contribution is -2.51.